The van der Waals surface area contributed by atoms with E-state index in [0.29, 0.717) is 13.0 Å². The van der Waals surface area contributed by atoms with Gasteiger partial charge in [0.1, 0.15) is 6.04 Å². The molecule has 0 bridgehead atoms. The maximum absolute atomic E-state index is 13.2. The fraction of sp³-hybridized carbons (Fsp3) is 0.231. The van der Waals surface area contributed by atoms with Gasteiger partial charge in [-0.05, 0) is 60.2 Å². The van der Waals surface area contributed by atoms with Gasteiger partial charge >= 0.3 is 0 Å². The summed E-state index contributed by atoms with van der Waals surface area (Å²) in [4.78, 5) is 26.3. The minimum absolute atomic E-state index is 0.182. The quantitative estimate of drug-likeness (QED) is 0.596. The third kappa shape index (κ3) is 5.01. The lowest BCUT2D eigenvalue weighted by Gasteiger charge is -2.27. The van der Waals surface area contributed by atoms with E-state index in [1.54, 1.807) is 0 Å². The van der Waals surface area contributed by atoms with Crippen molar-refractivity contribution in [3.63, 3.8) is 0 Å². The third-order valence-electron chi connectivity index (χ3n) is 5.57. The molecule has 0 aliphatic carbocycles. The van der Waals surface area contributed by atoms with Gasteiger partial charge in [-0.25, -0.2) is 0 Å². The Morgan fingerprint density at radius 2 is 1.55 bits per heavy atom. The molecule has 0 saturated carbocycles. The lowest BCUT2D eigenvalue weighted by atomic mass is 9.95. The van der Waals surface area contributed by atoms with E-state index in [0.717, 1.165) is 27.9 Å². The van der Waals surface area contributed by atoms with E-state index >= 15 is 0 Å². The van der Waals surface area contributed by atoms with Gasteiger partial charge in [0.2, 0.25) is 5.91 Å². The molecule has 1 aliphatic rings. The Hall–Kier alpha value is -3.44. The number of fused-ring (bicyclic) bond motifs is 1. The van der Waals surface area contributed by atoms with Crippen LogP contribution in [0.2, 0.25) is 0 Å². The van der Waals surface area contributed by atoms with Gasteiger partial charge in [0.15, 0.2) is 0 Å². The van der Waals surface area contributed by atoms with Crippen LogP contribution in [0.15, 0.2) is 72.8 Å². The maximum atomic E-state index is 13.2. The number of nitrogens with one attached hydrogen (secondary N) is 3. The van der Waals surface area contributed by atoms with Gasteiger partial charge in [0.05, 0.1) is 6.04 Å². The standard InChI is InChI=1S/C26H27N3O2/c1-17-12-18(2)14-22(13-17)28-26(31)24(19-8-4-3-5-9-19)29-25(30)23-15-20-10-6-7-11-21(20)16-27-23/h3-14,23-24,27H,15-16H2,1-2H3,(H,28,31)(H,29,30)/t23-,24+/m0/s1. The zero-order valence-electron chi connectivity index (χ0n) is 17.8. The average Bonchev–Trinajstić information content (AvgIpc) is 2.76. The van der Waals surface area contributed by atoms with Crippen LogP contribution >= 0.6 is 0 Å². The summed E-state index contributed by atoms with van der Waals surface area (Å²) in [6.45, 7) is 4.62. The van der Waals surface area contributed by atoms with Crippen molar-refractivity contribution >= 4 is 17.5 Å². The van der Waals surface area contributed by atoms with E-state index in [2.05, 4.69) is 34.1 Å². The van der Waals surface area contributed by atoms with E-state index in [4.69, 9.17) is 0 Å². The molecule has 3 aromatic rings. The molecule has 5 heteroatoms. The summed E-state index contributed by atoms with van der Waals surface area (Å²) < 4.78 is 0. The molecule has 2 amide bonds. The van der Waals surface area contributed by atoms with Crippen LogP contribution in [-0.4, -0.2) is 17.9 Å². The zero-order valence-corrected chi connectivity index (χ0v) is 17.8. The number of hydrogen-bond donors (Lipinski definition) is 3. The molecular weight excluding hydrogens is 386 g/mol. The molecule has 3 N–H and O–H groups in total. The summed E-state index contributed by atoms with van der Waals surface area (Å²) in [5.74, 6) is -0.445. The lowest BCUT2D eigenvalue weighted by Crippen LogP contribution is -2.50. The maximum Gasteiger partial charge on any atom is 0.251 e. The number of benzene rings is 3. The molecule has 0 radical (unpaired) electrons. The molecule has 4 rings (SSSR count). The van der Waals surface area contributed by atoms with Crippen molar-refractivity contribution in [1.29, 1.82) is 0 Å². The fourth-order valence-corrected chi connectivity index (χ4v) is 4.09. The molecule has 0 fully saturated rings. The molecule has 0 unspecified atom stereocenters. The van der Waals surface area contributed by atoms with Gasteiger partial charge < -0.3 is 16.0 Å². The highest BCUT2D eigenvalue weighted by molar-refractivity contribution is 5.98. The van der Waals surface area contributed by atoms with Crippen LogP contribution in [0.25, 0.3) is 0 Å². The third-order valence-corrected chi connectivity index (χ3v) is 5.57. The van der Waals surface area contributed by atoms with Crippen molar-refractivity contribution in [3.8, 4) is 0 Å². The van der Waals surface area contributed by atoms with Crippen LogP contribution in [0.5, 0.6) is 0 Å². The summed E-state index contributed by atoms with van der Waals surface area (Å²) in [6.07, 6.45) is 0.599. The molecule has 1 heterocycles. The van der Waals surface area contributed by atoms with Gasteiger partial charge in [-0.2, -0.15) is 0 Å². The molecule has 0 saturated heterocycles. The van der Waals surface area contributed by atoms with Crippen molar-refractivity contribution in [2.75, 3.05) is 5.32 Å². The first-order valence-electron chi connectivity index (χ1n) is 10.5. The van der Waals surface area contributed by atoms with Gasteiger partial charge in [0.25, 0.3) is 5.91 Å². The second-order valence-corrected chi connectivity index (χ2v) is 8.12. The lowest BCUT2D eigenvalue weighted by molar-refractivity contribution is -0.128. The Kier molecular flexibility index (Phi) is 6.14. The Morgan fingerprint density at radius 3 is 2.26 bits per heavy atom. The normalized spacial score (nSPS) is 16.1. The van der Waals surface area contributed by atoms with Crippen molar-refractivity contribution in [3.05, 3.63) is 101 Å². The predicted molar refractivity (Wildman–Crippen MR) is 123 cm³/mol. The SMILES string of the molecule is Cc1cc(C)cc(NC(=O)[C@H](NC(=O)[C@@H]2Cc3ccccc3CN2)c2ccccc2)c1. The number of hydrogen-bond acceptors (Lipinski definition) is 3. The summed E-state index contributed by atoms with van der Waals surface area (Å²) in [6, 6.07) is 22.2. The summed E-state index contributed by atoms with van der Waals surface area (Å²) in [5.41, 5.74) is 5.98. The van der Waals surface area contributed by atoms with Crippen molar-refractivity contribution in [1.82, 2.24) is 10.6 Å². The highest BCUT2D eigenvalue weighted by Gasteiger charge is 2.29. The molecular formula is C26H27N3O2. The van der Waals surface area contributed by atoms with Gasteiger partial charge in [0, 0.05) is 12.2 Å². The number of carbonyl (C=O) groups excluding carboxylic acids is 2. The Labute approximate surface area is 182 Å². The largest absolute Gasteiger partial charge is 0.339 e. The van der Waals surface area contributed by atoms with E-state index in [-0.39, 0.29) is 17.9 Å². The molecule has 3 aromatic carbocycles. The first kappa shape index (κ1) is 20.8. The fourth-order valence-electron chi connectivity index (χ4n) is 4.09. The molecule has 0 aromatic heterocycles. The van der Waals surface area contributed by atoms with E-state index in [9.17, 15) is 9.59 Å². The summed E-state index contributed by atoms with van der Waals surface area (Å²) in [7, 11) is 0. The molecule has 31 heavy (non-hydrogen) atoms. The first-order chi connectivity index (χ1) is 15.0. The monoisotopic (exact) mass is 413 g/mol. The van der Waals surface area contributed by atoms with E-state index in [1.165, 1.54) is 5.56 Å². The minimum atomic E-state index is -0.784. The van der Waals surface area contributed by atoms with Crippen LogP contribution in [0.3, 0.4) is 0 Å². The number of anilines is 1. The van der Waals surface area contributed by atoms with Crippen LogP contribution in [-0.2, 0) is 22.6 Å². The minimum Gasteiger partial charge on any atom is -0.339 e. The smallest absolute Gasteiger partial charge is 0.251 e. The average molecular weight is 414 g/mol. The second kappa shape index (κ2) is 9.14. The van der Waals surface area contributed by atoms with Gasteiger partial charge in [-0.3, -0.25) is 9.59 Å². The van der Waals surface area contributed by atoms with Crippen LogP contribution in [0.1, 0.15) is 33.9 Å². The summed E-state index contributed by atoms with van der Waals surface area (Å²) >= 11 is 0. The molecule has 158 valence electrons. The molecule has 2 atom stereocenters. The Balaban J connectivity index is 1.53. The Morgan fingerprint density at radius 1 is 0.903 bits per heavy atom. The predicted octanol–water partition coefficient (Wildman–Crippen LogP) is 3.81. The molecule has 0 spiro atoms. The van der Waals surface area contributed by atoms with Gasteiger partial charge in [-0.1, -0.05) is 60.7 Å². The number of carbonyl (C=O) groups is 2. The van der Waals surface area contributed by atoms with Crippen LogP contribution in [0, 0.1) is 13.8 Å². The van der Waals surface area contributed by atoms with Crippen LogP contribution in [0.4, 0.5) is 5.69 Å². The highest BCUT2D eigenvalue weighted by atomic mass is 16.2. The second-order valence-electron chi connectivity index (χ2n) is 8.12. The number of amides is 2. The van der Waals surface area contributed by atoms with Crippen molar-refractivity contribution < 1.29 is 9.59 Å². The van der Waals surface area contributed by atoms with Crippen LogP contribution < -0.4 is 16.0 Å². The first-order valence-corrected chi connectivity index (χ1v) is 10.5. The van der Waals surface area contributed by atoms with E-state index < -0.39 is 6.04 Å². The van der Waals surface area contributed by atoms with Crippen molar-refractivity contribution in [2.45, 2.75) is 38.9 Å². The molecule has 5 nitrogen and oxygen atoms in total. The van der Waals surface area contributed by atoms with Gasteiger partial charge in [-0.15, -0.1) is 0 Å². The zero-order chi connectivity index (χ0) is 21.8. The topological polar surface area (TPSA) is 70.2 Å². The van der Waals surface area contributed by atoms with Crippen molar-refractivity contribution in [2.24, 2.45) is 0 Å². The highest BCUT2D eigenvalue weighted by Crippen LogP contribution is 2.20. The number of aryl methyl sites for hydroxylation is 2. The number of rotatable bonds is 5. The summed E-state index contributed by atoms with van der Waals surface area (Å²) in [5, 5.41) is 9.23. The van der Waals surface area contributed by atoms with E-state index in [1.807, 2.05) is 68.4 Å². The molecule has 1 aliphatic heterocycles. The Bertz CT molecular complexity index is 1070.